The Balaban J connectivity index is 1.07. The number of allylic oxidation sites excluding steroid dienone is 7. The van der Waals surface area contributed by atoms with E-state index in [0.717, 1.165) is 52.5 Å². The molecule has 0 bridgehead atoms. The van der Waals surface area contributed by atoms with E-state index in [1.807, 2.05) is 11.3 Å². The largest absolute Gasteiger partial charge is 0.455 e. The number of nitrogens with zero attached hydrogens (tertiary/aromatic N) is 1. The maximum absolute atomic E-state index is 7.28. The molecule has 62 heavy (non-hydrogen) atoms. The Bertz CT molecular complexity index is 3340. The van der Waals surface area contributed by atoms with Gasteiger partial charge in [-0.1, -0.05) is 201 Å². The van der Waals surface area contributed by atoms with Crippen molar-refractivity contribution in [1.82, 2.24) is 0 Å². The topological polar surface area (TPSA) is 25.5 Å². The van der Waals surface area contributed by atoms with Crippen molar-refractivity contribution in [1.29, 1.82) is 0 Å². The van der Waals surface area contributed by atoms with Crippen LogP contribution in [-0.4, -0.2) is 5.71 Å². The predicted octanol–water partition coefficient (Wildman–Crippen LogP) is 16.9. The fourth-order valence-corrected chi connectivity index (χ4v) is 11.3. The fraction of sp³-hybridized carbons (Fsp3) is 0.136. The van der Waals surface area contributed by atoms with E-state index in [1.165, 1.54) is 81.5 Å². The first-order chi connectivity index (χ1) is 30.6. The summed E-state index contributed by atoms with van der Waals surface area (Å²) >= 11 is 1.89. The quantitative estimate of drug-likeness (QED) is 0.157. The SMILES string of the molecule is CC/C1=C(\C2C=CC(c3ccccc3)=CC2)N=C(c2ccccc2)C(C)/C(C)=C(\c2cccc3c2oc2c(-c4cccc5c4sc4c(-c6ccccc6)cccc45)cccc23)C1. The molecular weight excluding hydrogens is 771 g/mol. The molecule has 2 nitrogen and oxygen atoms in total. The van der Waals surface area contributed by atoms with Gasteiger partial charge in [0, 0.05) is 65.2 Å². The number of hydrogen-bond acceptors (Lipinski definition) is 3. The van der Waals surface area contributed by atoms with E-state index in [2.05, 4.69) is 203 Å². The molecular formula is C59H47NOS. The maximum Gasteiger partial charge on any atom is 0.143 e. The van der Waals surface area contributed by atoms with Crippen LogP contribution in [0.5, 0.6) is 0 Å². The summed E-state index contributed by atoms with van der Waals surface area (Å²) in [5.41, 5.74) is 18.0. The Morgan fingerprint density at radius 1 is 0.581 bits per heavy atom. The van der Waals surface area contributed by atoms with Gasteiger partial charge in [0.15, 0.2) is 0 Å². The second-order valence-electron chi connectivity index (χ2n) is 16.8. The van der Waals surface area contributed by atoms with Crippen LogP contribution in [0.2, 0.25) is 0 Å². The van der Waals surface area contributed by atoms with E-state index >= 15 is 0 Å². The molecule has 11 rings (SSSR count). The van der Waals surface area contributed by atoms with Crippen LogP contribution < -0.4 is 0 Å². The lowest BCUT2D eigenvalue weighted by Gasteiger charge is -2.28. The van der Waals surface area contributed by atoms with Crippen molar-refractivity contribution in [3.63, 3.8) is 0 Å². The molecule has 2 unspecified atom stereocenters. The Morgan fingerprint density at radius 3 is 1.76 bits per heavy atom. The number of fused-ring (bicyclic) bond motifs is 6. The number of aliphatic imine (C=N–C) groups is 1. The highest BCUT2D eigenvalue weighted by atomic mass is 32.1. The molecule has 3 heterocycles. The van der Waals surface area contributed by atoms with Crippen LogP contribution in [0, 0.1) is 11.8 Å². The molecule has 1 aliphatic carbocycles. The van der Waals surface area contributed by atoms with Crippen LogP contribution >= 0.6 is 11.3 Å². The second kappa shape index (κ2) is 15.9. The van der Waals surface area contributed by atoms with Crippen molar-refractivity contribution in [3.8, 4) is 22.3 Å². The van der Waals surface area contributed by atoms with E-state index < -0.39 is 0 Å². The molecule has 0 radical (unpaired) electrons. The summed E-state index contributed by atoms with van der Waals surface area (Å²) in [4.78, 5) is 5.70. The van der Waals surface area contributed by atoms with Crippen molar-refractivity contribution in [2.45, 2.75) is 40.0 Å². The Kier molecular flexibility index (Phi) is 9.78. The van der Waals surface area contributed by atoms with Gasteiger partial charge in [-0.3, -0.25) is 4.99 Å². The lowest BCUT2D eigenvalue weighted by atomic mass is 9.80. The number of furan rings is 1. The summed E-state index contributed by atoms with van der Waals surface area (Å²) in [6.07, 6.45) is 9.75. The summed E-state index contributed by atoms with van der Waals surface area (Å²) < 4.78 is 9.88. The summed E-state index contributed by atoms with van der Waals surface area (Å²) in [6.45, 7) is 6.96. The first-order valence-corrected chi connectivity index (χ1v) is 22.8. The molecule has 9 aromatic rings. The van der Waals surface area contributed by atoms with Crippen molar-refractivity contribution >= 4 is 70.3 Å². The minimum absolute atomic E-state index is 0.0883. The van der Waals surface area contributed by atoms with E-state index in [0.29, 0.717) is 0 Å². The molecule has 1 aliphatic heterocycles. The van der Waals surface area contributed by atoms with Gasteiger partial charge in [0.2, 0.25) is 0 Å². The molecule has 7 aromatic carbocycles. The zero-order valence-corrected chi connectivity index (χ0v) is 36.2. The highest BCUT2D eigenvalue weighted by Crippen LogP contribution is 2.48. The molecule has 0 fully saturated rings. The van der Waals surface area contributed by atoms with Crippen LogP contribution in [0.3, 0.4) is 0 Å². The average Bonchev–Trinajstić information content (AvgIpc) is 3.92. The number of benzene rings is 7. The van der Waals surface area contributed by atoms with E-state index in [-0.39, 0.29) is 11.8 Å². The molecule has 0 saturated carbocycles. The summed E-state index contributed by atoms with van der Waals surface area (Å²) in [6, 6.07) is 59.2. The number of rotatable bonds is 7. The zero-order chi connectivity index (χ0) is 41.7. The van der Waals surface area contributed by atoms with Gasteiger partial charge >= 0.3 is 0 Å². The number of para-hydroxylation sites is 2. The van der Waals surface area contributed by atoms with Crippen LogP contribution in [0.25, 0.3) is 75.5 Å². The molecule has 0 N–H and O–H groups in total. The van der Waals surface area contributed by atoms with E-state index in [9.17, 15) is 0 Å². The highest BCUT2D eigenvalue weighted by Gasteiger charge is 2.28. The normalized spacial score (nSPS) is 19.5. The van der Waals surface area contributed by atoms with Crippen molar-refractivity contribution in [3.05, 3.63) is 216 Å². The molecule has 0 saturated heterocycles. The average molecular weight is 818 g/mol. The molecule has 2 atom stereocenters. The first-order valence-electron chi connectivity index (χ1n) is 22.0. The Labute approximate surface area is 367 Å². The number of hydrogen-bond donors (Lipinski definition) is 0. The molecule has 2 aliphatic rings. The van der Waals surface area contributed by atoms with Gasteiger partial charge in [0.25, 0.3) is 0 Å². The van der Waals surface area contributed by atoms with Gasteiger partial charge in [0.1, 0.15) is 11.2 Å². The standard InChI is InChI=1S/C59H47NOS/c1-4-39-36-53(37(2)38(3)54(43-22-12-7-13-23-43)60-55(39)44-34-32-41(33-35-44)40-18-8-5-9-19-40)49-28-16-26-47-46-25-15-27-48(56(46)61-57(47)49)50-29-17-31-52-51-30-14-24-45(58(51)62-59(50)52)42-20-10-6-11-21-42/h5-34,38,44H,4,35-36H2,1-3H3/b53-37-,55-39-,60-54?. The summed E-state index contributed by atoms with van der Waals surface area (Å²) in [5.74, 6) is 0.276. The fourth-order valence-electron chi connectivity index (χ4n) is 9.91. The van der Waals surface area contributed by atoms with Crippen molar-refractivity contribution in [2.75, 3.05) is 0 Å². The molecule has 0 amide bonds. The third kappa shape index (κ3) is 6.51. The zero-order valence-electron chi connectivity index (χ0n) is 35.4. The number of thiophene rings is 1. The van der Waals surface area contributed by atoms with Crippen LogP contribution in [0.4, 0.5) is 0 Å². The lowest BCUT2D eigenvalue weighted by molar-refractivity contribution is 0.668. The van der Waals surface area contributed by atoms with Crippen molar-refractivity contribution < 1.29 is 4.42 Å². The van der Waals surface area contributed by atoms with Gasteiger partial charge < -0.3 is 4.42 Å². The molecule has 3 heteroatoms. The molecule has 300 valence electrons. The lowest BCUT2D eigenvalue weighted by Crippen LogP contribution is -2.19. The second-order valence-corrected chi connectivity index (χ2v) is 17.8. The van der Waals surface area contributed by atoms with Gasteiger partial charge in [-0.05, 0) is 65.2 Å². The summed E-state index contributed by atoms with van der Waals surface area (Å²) in [5, 5.41) is 4.87. The minimum atomic E-state index is 0.0883. The van der Waals surface area contributed by atoms with Crippen LogP contribution in [-0.2, 0) is 0 Å². The third-order valence-electron chi connectivity index (χ3n) is 13.3. The summed E-state index contributed by atoms with van der Waals surface area (Å²) in [7, 11) is 0. The highest BCUT2D eigenvalue weighted by molar-refractivity contribution is 7.26. The smallest absolute Gasteiger partial charge is 0.143 e. The van der Waals surface area contributed by atoms with E-state index in [4.69, 9.17) is 9.41 Å². The van der Waals surface area contributed by atoms with Crippen LogP contribution in [0.15, 0.2) is 208 Å². The third-order valence-corrected chi connectivity index (χ3v) is 14.6. The Morgan fingerprint density at radius 2 is 1.13 bits per heavy atom. The van der Waals surface area contributed by atoms with E-state index in [1.54, 1.807) is 0 Å². The van der Waals surface area contributed by atoms with Gasteiger partial charge in [-0.15, -0.1) is 11.3 Å². The van der Waals surface area contributed by atoms with Crippen molar-refractivity contribution in [2.24, 2.45) is 16.8 Å². The van der Waals surface area contributed by atoms with Crippen LogP contribution in [0.1, 0.15) is 56.7 Å². The maximum atomic E-state index is 7.28. The Hall–Kier alpha value is -6.81. The molecule has 0 spiro atoms. The first kappa shape index (κ1) is 38.1. The van der Waals surface area contributed by atoms with Gasteiger partial charge in [0.05, 0.1) is 5.71 Å². The monoisotopic (exact) mass is 817 g/mol. The minimum Gasteiger partial charge on any atom is -0.455 e. The van der Waals surface area contributed by atoms with Gasteiger partial charge in [-0.25, -0.2) is 0 Å². The van der Waals surface area contributed by atoms with Gasteiger partial charge in [-0.2, -0.15) is 0 Å². The molecule has 2 aromatic heterocycles. The predicted molar refractivity (Wildman–Crippen MR) is 266 cm³/mol.